The van der Waals surface area contributed by atoms with E-state index < -0.39 is 76.9 Å². The third-order valence-electron chi connectivity index (χ3n) is 12.1. The summed E-state index contributed by atoms with van der Waals surface area (Å²) in [7, 11) is 0. The van der Waals surface area contributed by atoms with Gasteiger partial charge in [0.2, 0.25) is 5.91 Å². The number of alkyl halides is 5. The molecule has 10 nitrogen and oxygen atoms in total. The first-order valence-electron chi connectivity index (χ1n) is 19.7. The monoisotopic (exact) mass is 860 g/mol. The van der Waals surface area contributed by atoms with E-state index in [1.165, 1.54) is 18.3 Å². The van der Waals surface area contributed by atoms with Gasteiger partial charge in [0.1, 0.15) is 28.9 Å². The summed E-state index contributed by atoms with van der Waals surface area (Å²) in [5, 5.41) is 13.0. The minimum atomic E-state index is -5.05. The Balaban J connectivity index is 1.07. The van der Waals surface area contributed by atoms with Crippen LogP contribution in [0.4, 0.5) is 36.4 Å². The third-order valence-corrected chi connectivity index (χ3v) is 13.2. The van der Waals surface area contributed by atoms with Crippen molar-refractivity contribution < 1.29 is 40.3 Å². The smallest absolute Gasteiger partial charge is 0.369 e. The largest absolute Gasteiger partial charge is 0.435 e. The zero-order valence-electron chi connectivity index (χ0n) is 32.2. The molecule has 1 saturated carbocycles. The molecule has 3 N–H and O–H groups in total. The Labute approximate surface area is 347 Å². The number of piperazine rings is 1. The van der Waals surface area contributed by atoms with Crippen molar-refractivity contribution in [2.24, 2.45) is 11.8 Å². The van der Waals surface area contributed by atoms with Crippen LogP contribution in [0.5, 0.6) is 0 Å². The van der Waals surface area contributed by atoms with Crippen molar-refractivity contribution in [1.82, 2.24) is 35.7 Å². The van der Waals surface area contributed by atoms with E-state index in [1.807, 2.05) is 24.3 Å². The van der Waals surface area contributed by atoms with E-state index >= 15 is 8.78 Å². The van der Waals surface area contributed by atoms with Gasteiger partial charge in [-0.2, -0.15) is 27.1 Å². The van der Waals surface area contributed by atoms with Gasteiger partial charge in [-0.3, -0.25) is 14.3 Å². The number of rotatable bonds is 9. The average molecular weight is 861 g/mol. The van der Waals surface area contributed by atoms with Crippen molar-refractivity contribution in [1.29, 1.82) is 0 Å². The summed E-state index contributed by atoms with van der Waals surface area (Å²) in [5.41, 5.74) is 1.47. The Hall–Kier alpha value is -5.88. The molecule has 18 heteroatoms. The third kappa shape index (κ3) is 6.89. The molecular weight excluding hydrogens is 826 g/mol. The number of aromatic nitrogens is 4. The molecule has 2 aliphatic carbocycles. The number of fused-ring (bicyclic) bond motifs is 5. The normalized spacial score (nSPS) is 20.6. The number of nitrogens with zero attached hydrogens (tertiary/aromatic N) is 5. The van der Waals surface area contributed by atoms with Crippen LogP contribution in [0, 0.1) is 23.5 Å². The molecule has 3 aromatic heterocycles. The van der Waals surface area contributed by atoms with Gasteiger partial charge in [0.05, 0.1) is 16.4 Å². The Bertz CT molecular complexity index is 2740. The fourth-order valence-electron chi connectivity index (χ4n) is 9.26. The van der Waals surface area contributed by atoms with E-state index in [1.54, 1.807) is 24.3 Å². The zero-order chi connectivity index (χ0) is 42.5. The molecule has 314 valence electrons. The Morgan fingerprint density at radius 2 is 1.69 bits per heavy atom. The van der Waals surface area contributed by atoms with Gasteiger partial charge in [-0.05, 0) is 77.6 Å². The summed E-state index contributed by atoms with van der Waals surface area (Å²) in [4.78, 5) is 38.9. The van der Waals surface area contributed by atoms with E-state index in [0.29, 0.717) is 43.7 Å². The second-order valence-electron chi connectivity index (χ2n) is 16.0. The molecule has 3 aromatic carbocycles. The van der Waals surface area contributed by atoms with Crippen LogP contribution >= 0.6 is 11.3 Å². The summed E-state index contributed by atoms with van der Waals surface area (Å²) >= 11 is 1.35. The molecule has 2 aliphatic heterocycles. The van der Waals surface area contributed by atoms with E-state index in [4.69, 9.17) is 9.97 Å². The SMILES string of the molecule is CC1C2c3c(C(F)(F)F)nn(CC(=O)N[C@@H](Cc4cc(F)cc(F)c4)c4nc5nc(-c6ccc(N7CCNCC7)cc6)sc5cc4-c4ccc5c(c4)C(=O)NC5)c3C(F)(F)C12. The molecule has 61 heavy (non-hydrogen) atoms. The van der Waals surface area contributed by atoms with E-state index in [2.05, 4.69) is 25.9 Å². The molecular formula is C43H35F7N8O2S. The molecule has 3 unspecified atom stereocenters. The number of carbonyl (C=O) groups excluding carboxylic acids is 2. The van der Waals surface area contributed by atoms with Gasteiger partial charge in [-0.15, -0.1) is 11.3 Å². The minimum absolute atomic E-state index is 0.0902. The van der Waals surface area contributed by atoms with Crippen molar-refractivity contribution in [3.63, 3.8) is 0 Å². The maximum absolute atomic E-state index is 15.7. The topological polar surface area (TPSA) is 117 Å². The van der Waals surface area contributed by atoms with Crippen molar-refractivity contribution in [3.05, 3.63) is 118 Å². The van der Waals surface area contributed by atoms with Crippen LogP contribution in [-0.2, 0) is 36.4 Å². The Morgan fingerprint density at radius 1 is 0.967 bits per heavy atom. The lowest BCUT2D eigenvalue weighted by molar-refractivity contribution is -0.142. The van der Waals surface area contributed by atoms with Crippen LogP contribution in [0.15, 0.2) is 66.7 Å². The molecule has 4 aliphatic rings. The quantitative estimate of drug-likeness (QED) is 0.128. The molecule has 2 amide bonds. The highest BCUT2D eigenvalue weighted by atomic mass is 32.1. The number of halogens is 7. The van der Waals surface area contributed by atoms with Crippen molar-refractivity contribution in [2.75, 3.05) is 31.1 Å². The first-order valence-corrected chi connectivity index (χ1v) is 20.6. The zero-order valence-corrected chi connectivity index (χ0v) is 33.0. The minimum Gasteiger partial charge on any atom is -0.369 e. The van der Waals surface area contributed by atoms with E-state index in [-0.39, 0.29) is 29.2 Å². The lowest BCUT2D eigenvalue weighted by atomic mass is 9.93. The highest BCUT2D eigenvalue weighted by molar-refractivity contribution is 7.21. The summed E-state index contributed by atoms with van der Waals surface area (Å²) in [6.45, 7) is 4.25. The van der Waals surface area contributed by atoms with Crippen LogP contribution < -0.4 is 20.9 Å². The van der Waals surface area contributed by atoms with Crippen molar-refractivity contribution >= 4 is 39.2 Å². The van der Waals surface area contributed by atoms with Crippen LogP contribution in [0.1, 0.15) is 63.0 Å². The number of hydrogen-bond acceptors (Lipinski definition) is 8. The summed E-state index contributed by atoms with van der Waals surface area (Å²) in [6, 6.07) is 16.5. The number of thiazole rings is 1. The molecule has 0 bridgehead atoms. The lowest BCUT2D eigenvalue weighted by Gasteiger charge is -2.29. The molecule has 6 aromatic rings. The number of amides is 2. The van der Waals surface area contributed by atoms with Gasteiger partial charge in [0.15, 0.2) is 11.3 Å². The summed E-state index contributed by atoms with van der Waals surface area (Å²) in [6.07, 6.45) is -5.34. The number of benzene rings is 3. The standard InChI is InChI=1S/C43H35F7N8O2S/c1-20-33-34-37(43(48,49)50)56-58(38(34)42(46,47)35(20)33)19-32(59)53-30(14-21-12-25(44)16-26(45)13-21)36-28(23-2-3-24-18-52-40(60)29(24)15-23)17-31-39(54-36)55-41(61-31)22-4-6-27(7-5-22)57-10-8-51-9-11-57/h2-7,12-13,15-17,20,30,33,35,51H,8-11,14,18-19H2,1H3,(H,52,60)(H,53,59)/t20?,30-,33?,35?/m0/s1. The van der Waals surface area contributed by atoms with Crippen LogP contribution in [0.3, 0.4) is 0 Å². The van der Waals surface area contributed by atoms with Crippen LogP contribution in [0.2, 0.25) is 0 Å². The predicted molar refractivity (Wildman–Crippen MR) is 212 cm³/mol. The van der Waals surface area contributed by atoms with E-state index in [0.717, 1.165) is 55.1 Å². The molecule has 0 spiro atoms. The second kappa shape index (κ2) is 14.4. The van der Waals surface area contributed by atoms with Crippen LogP contribution in [0.25, 0.3) is 32.0 Å². The number of hydrogen-bond donors (Lipinski definition) is 3. The lowest BCUT2D eigenvalue weighted by Crippen LogP contribution is -2.43. The highest BCUT2D eigenvalue weighted by Crippen LogP contribution is 2.71. The average Bonchev–Trinajstić information content (AvgIpc) is 3.59. The fourth-order valence-corrected chi connectivity index (χ4v) is 10.2. The predicted octanol–water partition coefficient (Wildman–Crippen LogP) is 7.73. The Kier molecular flexibility index (Phi) is 9.24. The van der Waals surface area contributed by atoms with Crippen molar-refractivity contribution in [2.45, 2.75) is 50.5 Å². The molecule has 10 rings (SSSR count). The fraction of sp³-hybridized carbons (Fsp3) is 0.326. The highest BCUT2D eigenvalue weighted by Gasteiger charge is 2.72. The Morgan fingerprint density at radius 3 is 2.41 bits per heavy atom. The van der Waals surface area contributed by atoms with Crippen molar-refractivity contribution in [3.8, 4) is 21.7 Å². The van der Waals surface area contributed by atoms with Gasteiger partial charge in [0, 0.05) is 78.6 Å². The first kappa shape index (κ1) is 39.3. The molecule has 0 radical (unpaired) electrons. The van der Waals surface area contributed by atoms with Gasteiger partial charge in [-0.25, -0.2) is 18.7 Å². The number of nitrogens with one attached hydrogen (secondary N) is 3. The molecule has 5 heterocycles. The van der Waals surface area contributed by atoms with Gasteiger partial charge in [0.25, 0.3) is 11.8 Å². The number of carbonyl (C=O) groups is 2. The number of pyridine rings is 1. The maximum atomic E-state index is 15.7. The molecule has 1 saturated heterocycles. The summed E-state index contributed by atoms with van der Waals surface area (Å²) in [5.74, 6) is -9.85. The van der Waals surface area contributed by atoms with Gasteiger partial charge >= 0.3 is 6.18 Å². The van der Waals surface area contributed by atoms with E-state index in [9.17, 15) is 31.5 Å². The van der Waals surface area contributed by atoms with Crippen LogP contribution in [-0.4, -0.2) is 57.7 Å². The first-order chi connectivity index (χ1) is 29.1. The maximum Gasteiger partial charge on any atom is 0.435 e. The summed E-state index contributed by atoms with van der Waals surface area (Å²) < 4.78 is 104. The molecule has 4 atom stereocenters. The van der Waals surface area contributed by atoms with Gasteiger partial charge < -0.3 is 20.9 Å². The molecule has 2 fully saturated rings. The number of anilines is 1. The second-order valence-corrected chi connectivity index (χ2v) is 17.0. The van der Waals surface area contributed by atoms with Gasteiger partial charge in [-0.1, -0.05) is 19.1 Å².